The molecule has 0 heterocycles. The van der Waals surface area contributed by atoms with Gasteiger partial charge in [-0.15, -0.1) is 0 Å². The number of ketones is 1. The van der Waals surface area contributed by atoms with E-state index in [0.717, 1.165) is 11.1 Å². The normalized spacial score (nSPS) is 12.2. The van der Waals surface area contributed by atoms with Crippen LogP contribution < -0.4 is 0 Å². The van der Waals surface area contributed by atoms with E-state index < -0.39 is 14.6 Å². The first kappa shape index (κ1) is 19.3. The summed E-state index contributed by atoms with van der Waals surface area (Å²) in [4.78, 5) is 12.4. The minimum absolute atomic E-state index is 0.0535. The van der Waals surface area contributed by atoms with Crippen LogP contribution in [0.1, 0.15) is 47.8 Å². The lowest BCUT2D eigenvalue weighted by Crippen LogP contribution is -2.29. The Labute approximate surface area is 148 Å². The molecule has 0 N–H and O–H groups in total. The number of hydrogen-bond donors (Lipinski definition) is 0. The molecule has 0 aromatic heterocycles. The Balaban J connectivity index is 2.13. The molecule has 0 bridgehead atoms. The Kier molecular flexibility index (Phi) is 5.47. The molecule has 0 aliphatic rings. The standard InChI is InChI=1S/C20H23FO3S/c1-14-11-18(21)10-9-17(14)12-19(22)16-7-5-15(6-8-16)13-25(23,24)20(2,3)4/h5-11H,12-13H2,1-4H3. The lowest BCUT2D eigenvalue weighted by Gasteiger charge is -2.19. The molecule has 0 atom stereocenters. The summed E-state index contributed by atoms with van der Waals surface area (Å²) in [5.41, 5.74) is 2.69. The van der Waals surface area contributed by atoms with Crippen LogP contribution in [0.4, 0.5) is 4.39 Å². The lowest BCUT2D eigenvalue weighted by molar-refractivity contribution is 0.0992. The first-order valence-corrected chi connectivity index (χ1v) is 9.74. The van der Waals surface area contributed by atoms with Crippen molar-refractivity contribution in [2.24, 2.45) is 0 Å². The highest BCUT2D eigenvalue weighted by Crippen LogP contribution is 2.21. The maximum absolute atomic E-state index is 13.1. The van der Waals surface area contributed by atoms with E-state index in [1.54, 1.807) is 58.0 Å². The number of benzene rings is 2. The molecule has 0 spiro atoms. The number of Topliss-reactive ketones (excluding diaryl/α,β-unsaturated/α-hetero) is 1. The molecule has 134 valence electrons. The molecule has 2 aromatic rings. The van der Waals surface area contributed by atoms with E-state index in [2.05, 4.69) is 0 Å². The van der Waals surface area contributed by atoms with Crippen LogP contribution >= 0.6 is 0 Å². The first-order valence-electron chi connectivity index (χ1n) is 8.09. The number of sulfone groups is 1. The van der Waals surface area contributed by atoms with Crippen molar-refractivity contribution in [3.8, 4) is 0 Å². The summed E-state index contributed by atoms with van der Waals surface area (Å²) in [6.07, 6.45) is 0.186. The van der Waals surface area contributed by atoms with E-state index in [1.165, 1.54) is 12.1 Å². The van der Waals surface area contributed by atoms with Gasteiger partial charge in [-0.25, -0.2) is 12.8 Å². The quantitative estimate of drug-likeness (QED) is 0.746. The van der Waals surface area contributed by atoms with Crippen molar-refractivity contribution in [3.63, 3.8) is 0 Å². The smallest absolute Gasteiger partial charge is 0.167 e. The zero-order valence-electron chi connectivity index (χ0n) is 15.0. The monoisotopic (exact) mass is 362 g/mol. The summed E-state index contributed by atoms with van der Waals surface area (Å²) in [7, 11) is -3.26. The number of aryl methyl sites for hydroxylation is 1. The fraction of sp³-hybridized carbons (Fsp3) is 0.350. The highest BCUT2D eigenvalue weighted by molar-refractivity contribution is 7.91. The zero-order valence-corrected chi connectivity index (χ0v) is 15.8. The van der Waals surface area contributed by atoms with E-state index in [4.69, 9.17) is 0 Å². The Morgan fingerprint density at radius 2 is 1.64 bits per heavy atom. The van der Waals surface area contributed by atoms with Crippen molar-refractivity contribution in [2.45, 2.75) is 44.6 Å². The Hall–Kier alpha value is -2.01. The van der Waals surface area contributed by atoms with Crippen molar-refractivity contribution >= 4 is 15.6 Å². The van der Waals surface area contributed by atoms with Gasteiger partial charge in [-0.2, -0.15) is 0 Å². The van der Waals surface area contributed by atoms with Crippen LogP contribution in [0.5, 0.6) is 0 Å². The van der Waals surface area contributed by atoms with Gasteiger partial charge >= 0.3 is 0 Å². The van der Waals surface area contributed by atoms with Crippen LogP contribution in [0, 0.1) is 12.7 Å². The minimum atomic E-state index is -3.26. The van der Waals surface area contributed by atoms with Crippen LogP contribution in [0.15, 0.2) is 42.5 Å². The fourth-order valence-electron chi connectivity index (χ4n) is 2.36. The van der Waals surface area contributed by atoms with Gasteiger partial charge in [-0.05, 0) is 56.5 Å². The number of carbonyl (C=O) groups is 1. The molecule has 0 unspecified atom stereocenters. The Morgan fingerprint density at radius 3 is 2.16 bits per heavy atom. The van der Waals surface area contributed by atoms with Crippen molar-refractivity contribution in [1.82, 2.24) is 0 Å². The molecule has 0 radical (unpaired) electrons. The van der Waals surface area contributed by atoms with Crippen molar-refractivity contribution in [3.05, 3.63) is 70.5 Å². The van der Waals surface area contributed by atoms with E-state index in [0.29, 0.717) is 11.1 Å². The van der Waals surface area contributed by atoms with Gasteiger partial charge < -0.3 is 0 Å². The van der Waals surface area contributed by atoms with Crippen molar-refractivity contribution in [1.29, 1.82) is 0 Å². The third kappa shape index (κ3) is 4.75. The molecule has 3 nitrogen and oxygen atoms in total. The van der Waals surface area contributed by atoms with Gasteiger partial charge in [0.25, 0.3) is 0 Å². The average Bonchev–Trinajstić information content (AvgIpc) is 2.49. The molecule has 0 saturated carbocycles. The number of rotatable bonds is 5. The largest absolute Gasteiger partial charge is 0.294 e. The van der Waals surface area contributed by atoms with E-state index >= 15 is 0 Å². The van der Waals surface area contributed by atoms with Gasteiger partial charge in [-0.1, -0.05) is 30.3 Å². The Morgan fingerprint density at radius 1 is 1.04 bits per heavy atom. The molecule has 2 rings (SSSR count). The lowest BCUT2D eigenvalue weighted by atomic mass is 9.99. The summed E-state index contributed by atoms with van der Waals surface area (Å²) < 4.78 is 36.8. The fourth-order valence-corrected chi connectivity index (χ4v) is 3.42. The molecule has 0 fully saturated rings. The van der Waals surface area contributed by atoms with Gasteiger partial charge in [0.2, 0.25) is 0 Å². The second-order valence-corrected chi connectivity index (χ2v) is 9.98. The van der Waals surface area contributed by atoms with Gasteiger partial charge in [0, 0.05) is 12.0 Å². The highest BCUT2D eigenvalue weighted by atomic mass is 32.2. The first-order chi connectivity index (χ1) is 11.5. The Bertz CT molecular complexity index is 876. The van der Waals surface area contributed by atoms with Crippen LogP contribution in [0.2, 0.25) is 0 Å². The van der Waals surface area contributed by atoms with E-state index in [1.807, 2.05) is 0 Å². The summed E-state index contributed by atoms with van der Waals surface area (Å²) in [5, 5.41) is 0. The van der Waals surface area contributed by atoms with Gasteiger partial charge in [0.05, 0.1) is 10.5 Å². The number of halogens is 1. The molecule has 0 saturated heterocycles. The summed E-state index contributed by atoms with van der Waals surface area (Å²) in [6, 6.07) is 11.0. The highest BCUT2D eigenvalue weighted by Gasteiger charge is 2.28. The van der Waals surface area contributed by atoms with Crippen LogP contribution in [0.3, 0.4) is 0 Å². The SMILES string of the molecule is Cc1cc(F)ccc1CC(=O)c1ccc(CS(=O)(=O)C(C)(C)C)cc1. The van der Waals surface area contributed by atoms with Crippen LogP contribution in [-0.4, -0.2) is 18.9 Å². The molecule has 2 aromatic carbocycles. The zero-order chi connectivity index (χ0) is 18.8. The predicted octanol–water partition coefficient (Wildman–Crippen LogP) is 4.27. The van der Waals surface area contributed by atoms with Crippen molar-refractivity contribution in [2.75, 3.05) is 0 Å². The molecule has 5 heteroatoms. The van der Waals surface area contributed by atoms with Crippen LogP contribution in [-0.2, 0) is 22.0 Å². The van der Waals surface area contributed by atoms with Crippen LogP contribution in [0.25, 0.3) is 0 Å². The van der Waals surface area contributed by atoms with Gasteiger partial charge in [0.1, 0.15) is 5.82 Å². The summed E-state index contributed by atoms with van der Waals surface area (Å²) >= 11 is 0. The third-order valence-corrected chi connectivity index (χ3v) is 6.80. The van der Waals surface area contributed by atoms with Gasteiger partial charge in [-0.3, -0.25) is 4.79 Å². The molecular weight excluding hydrogens is 339 g/mol. The van der Waals surface area contributed by atoms with Crippen molar-refractivity contribution < 1.29 is 17.6 Å². The molecular formula is C20H23FO3S. The summed E-state index contributed by atoms with van der Waals surface area (Å²) in [6.45, 7) is 6.79. The number of hydrogen-bond acceptors (Lipinski definition) is 3. The third-order valence-electron chi connectivity index (χ3n) is 4.22. The average molecular weight is 362 g/mol. The summed E-state index contributed by atoms with van der Waals surface area (Å²) in [5.74, 6) is -0.458. The molecule has 0 amide bonds. The molecule has 0 aliphatic heterocycles. The second-order valence-electron chi connectivity index (χ2n) is 7.24. The van der Waals surface area contributed by atoms with E-state index in [-0.39, 0.29) is 23.8 Å². The minimum Gasteiger partial charge on any atom is -0.294 e. The number of carbonyl (C=O) groups excluding carboxylic acids is 1. The maximum atomic E-state index is 13.1. The van der Waals surface area contributed by atoms with Gasteiger partial charge in [0.15, 0.2) is 15.6 Å². The molecule has 0 aliphatic carbocycles. The topological polar surface area (TPSA) is 51.2 Å². The van der Waals surface area contributed by atoms with E-state index in [9.17, 15) is 17.6 Å². The maximum Gasteiger partial charge on any atom is 0.167 e. The second kappa shape index (κ2) is 7.08. The molecule has 25 heavy (non-hydrogen) atoms. The predicted molar refractivity (Wildman–Crippen MR) is 98.0 cm³/mol.